The molecular weight excluding hydrogens is 904 g/mol. The van der Waals surface area contributed by atoms with E-state index in [-0.39, 0.29) is 44.9 Å². The van der Waals surface area contributed by atoms with Crippen LogP contribution in [-0.2, 0) is 57.4 Å². The third-order valence-electron chi connectivity index (χ3n) is 11.0. The van der Waals surface area contributed by atoms with Crippen molar-refractivity contribution in [3.8, 4) is 17.6 Å². The summed E-state index contributed by atoms with van der Waals surface area (Å²) in [6.07, 6.45) is -7.11. The van der Waals surface area contributed by atoms with Gasteiger partial charge >= 0.3 is 17.6 Å². The molecule has 20 heteroatoms. The molecule has 2 aliphatic heterocycles. The first-order valence-electron chi connectivity index (χ1n) is 22.3. The molecule has 0 amide bonds. The van der Waals surface area contributed by atoms with Gasteiger partial charge in [-0.2, -0.15) is 5.26 Å². The molecule has 7 atom stereocenters. The van der Waals surface area contributed by atoms with Crippen LogP contribution in [-0.4, -0.2) is 116 Å². The molecule has 0 saturated carbocycles. The highest BCUT2D eigenvalue weighted by atomic mass is 31.2. The van der Waals surface area contributed by atoms with Crippen molar-refractivity contribution in [1.82, 2.24) is 14.2 Å². The number of nitrogens with one attached hydrogen (secondary N) is 1. The van der Waals surface area contributed by atoms with Crippen LogP contribution in [0.3, 0.4) is 0 Å². The summed E-state index contributed by atoms with van der Waals surface area (Å²) >= 11 is 0. The van der Waals surface area contributed by atoms with Crippen molar-refractivity contribution in [3.63, 3.8) is 0 Å². The lowest BCUT2D eigenvalue weighted by atomic mass is 9.80. The summed E-state index contributed by atoms with van der Waals surface area (Å²) < 4.78 is 70.8. The van der Waals surface area contributed by atoms with Gasteiger partial charge in [0.15, 0.2) is 18.4 Å². The minimum atomic E-state index is -2.06. The van der Waals surface area contributed by atoms with Gasteiger partial charge in [0.2, 0.25) is 0 Å². The highest BCUT2D eigenvalue weighted by molar-refractivity contribution is 7.44. The number of esters is 2. The van der Waals surface area contributed by atoms with E-state index in [1.807, 2.05) is 111 Å². The lowest BCUT2D eigenvalue weighted by molar-refractivity contribution is -0.280. The predicted molar refractivity (Wildman–Crippen MR) is 245 cm³/mol. The maximum absolute atomic E-state index is 13.7. The van der Waals surface area contributed by atoms with Gasteiger partial charge in [0.05, 0.1) is 53.1 Å². The topological polar surface area (TPSA) is 218 Å². The van der Waals surface area contributed by atoms with Crippen molar-refractivity contribution in [2.75, 3.05) is 40.6 Å². The number of ether oxygens (including phenoxy) is 9. The monoisotopic (exact) mass is 962 g/mol. The van der Waals surface area contributed by atoms with Crippen LogP contribution in [0.1, 0.15) is 70.9 Å². The quantitative estimate of drug-likeness (QED) is 0.0408. The highest BCUT2D eigenvalue weighted by Crippen LogP contribution is 2.51. The average molecular weight is 963 g/mol. The Morgan fingerprint density at radius 1 is 0.794 bits per heavy atom. The number of benzene rings is 3. The van der Waals surface area contributed by atoms with Crippen molar-refractivity contribution < 1.29 is 61.3 Å². The Hall–Kier alpha value is -5.52. The Bertz CT molecular complexity index is 2330. The zero-order valence-electron chi connectivity index (χ0n) is 39.3. The minimum Gasteiger partial charge on any atom is -0.497 e. The van der Waals surface area contributed by atoms with Gasteiger partial charge in [0, 0.05) is 24.3 Å². The number of nitriles is 1. The van der Waals surface area contributed by atoms with E-state index in [1.54, 1.807) is 28.1 Å². The zero-order valence-corrected chi connectivity index (χ0v) is 40.2. The van der Waals surface area contributed by atoms with E-state index in [0.29, 0.717) is 22.6 Å². The van der Waals surface area contributed by atoms with Gasteiger partial charge in [-0.15, -0.1) is 0 Å². The maximum Gasteiger partial charge on any atom is 0.338 e. The van der Waals surface area contributed by atoms with Crippen molar-refractivity contribution in [2.45, 2.75) is 109 Å². The molecule has 2 saturated heterocycles. The Labute approximate surface area is 396 Å². The number of hydrogen-bond donors (Lipinski definition) is 1. The molecule has 3 unspecified atom stereocenters. The van der Waals surface area contributed by atoms with Crippen LogP contribution in [0.25, 0.3) is 0 Å². The van der Waals surface area contributed by atoms with Gasteiger partial charge in [0.1, 0.15) is 35.4 Å². The molecule has 3 aromatic carbocycles. The molecule has 1 aromatic heterocycles. The lowest BCUT2D eigenvalue weighted by Gasteiger charge is -2.39. The molecule has 6 rings (SSSR count). The Kier molecular flexibility index (Phi) is 18.4. The molecule has 0 radical (unpaired) electrons. The average Bonchev–Trinajstić information content (AvgIpc) is 3.91. The van der Waals surface area contributed by atoms with Crippen LogP contribution in [0.15, 0.2) is 101 Å². The van der Waals surface area contributed by atoms with Gasteiger partial charge in [-0.3, -0.25) is 14.3 Å². The molecule has 19 nitrogen and oxygen atoms in total. The van der Waals surface area contributed by atoms with E-state index < -0.39 is 80.5 Å². The Morgan fingerprint density at radius 3 is 1.82 bits per heavy atom. The Morgan fingerprint density at radius 2 is 1.34 bits per heavy atom. The zero-order chi connectivity index (χ0) is 49.0. The summed E-state index contributed by atoms with van der Waals surface area (Å²) in [5, 5.41) is 9.55. The van der Waals surface area contributed by atoms with Crippen LogP contribution < -0.4 is 20.7 Å². The second kappa shape index (κ2) is 24.2. The third kappa shape index (κ3) is 11.8. The van der Waals surface area contributed by atoms with E-state index in [2.05, 4.69) is 11.1 Å². The number of H-pyrrole nitrogens is 1. The van der Waals surface area contributed by atoms with Crippen molar-refractivity contribution in [3.05, 3.63) is 129 Å². The second-order valence-electron chi connectivity index (χ2n) is 16.0. The fourth-order valence-electron chi connectivity index (χ4n) is 8.06. The van der Waals surface area contributed by atoms with Crippen LogP contribution in [0.4, 0.5) is 0 Å². The summed E-state index contributed by atoms with van der Waals surface area (Å²) in [4.78, 5) is 54.9. The summed E-state index contributed by atoms with van der Waals surface area (Å²) in [7, 11) is 1.09. The first-order chi connectivity index (χ1) is 32.8. The smallest absolute Gasteiger partial charge is 0.338 e. The molecular formula is C48H59N4O15P. The normalized spacial score (nSPS) is 22.0. The summed E-state index contributed by atoms with van der Waals surface area (Å²) in [5.41, 5.74) is -0.722. The predicted octanol–water partition coefficient (Wildman–Crippen LogP) is 5.70. The van der Waals surface area contributed by atoms with E-state index in [9.17, 15) is 24.4 Å². The lowest BCUT2D eigenvalue weighted by Crippen LogP contribution is -2.45. The van der Waals surface area contributed by atoms with Crippen LogP contribution in [0, 0.1) is 11.3 Å². The number of aromatic amines is 1. The number of carbonyl (C=O) groups excluding carboxylic acids is 2. The Balaban J connectivity index is 1.53. The summed E-state index contributed by atoms with van der Waals surface area (Å²) in [6.45, 7) is 8.99. The van der Waals surface area contributed by atoms with Crippen LogP contribution >= 0.6 is 8.53 Å². The van der Waals surface area contributed by atoms with Gasteiger partial charge in [-0.05, 0) is 82.5 Å². The highest BCUT2D eigenvalue weighted by Gasteiger charge is 2.55. The van der Waals surface area contributed by atoms with Crippen molar-refractivity contribution >= 4 is 20.5 Å². The first kappa shape index (κ1) is 51.9. The summed E-state index contributed by atoms with van der Waals surface area (Å²) in [6, 6.07) is 27.4. The molecule has 2 aliphatic rings. The molecule has 4 aromatic rings. The van der Waals surface area contributed by atoms with Crippen molar-refractivity contribution in [2.24, 2.45) is 0 Å². The molecule has 2 fully saturated rings. The number of carbonyl (C=O) groups is 2. The van der Waals surface area contributed by atoms with E-state index in [1.165, 1.54) is 6.20 Å². The van der Waals surface area contributed by atoms with E-state index >= 15 is 0 Å². The number of methoxy groups -OCH3 is 2. The van der Waals surface area contributed by atoms with Crippen LogP contribution in [0.5, 0.6) is 11.5 Å². The second-order valence-corrected chi connectivity index (χ2v) is 17.4. The largest absolute Gasteiger partial charge is 0.497 e. The minimum absolute atomic E-state index is 0.00453. The molecule has 0 bridgehead atoms. The molecule has 68 heavy (non-hydrogen) atoms. The van der Waals surface area contributed by atoms with Gasteiger partial charge in [0.25, 0.3) is 20.6 Å². The molecule has 1 N–H and O–H groups in total. The number of nitrogens with zero attached hydrogens (tertiary/aromatic N) is 3. The number of aromatic nitrogens is 2. The molecule has 0 spiro atoms. The summed E-state index contributed by atoms with van der Waals surface area (Å²) in [5.74, 6) is -0.577. The fourth-order valence-corrected chi connectivity index (χ4v) is 9.83. The van der Waals surface area contributed by atoms with Gasteiger partial charge in [-0.1, -0.05) is 54.6 Å². The third-order valence-corrected chi connectivity index (χ3v) is 13.1. The number of rotatable bonds is 23. The van der Waals surface area contributed by atoms with E-state index in [4.69, 9.17) is 51.7 Å². The van der Waals surface area contributed by atoms with Gasteiger partial charge < -0.3 is 51.7 Å². The first-order valence-corrected chi connectivity index (χ1v) is 23.4. The fraction of sp³-hybridized carbons (Fsp3) is 0.479. The van der Waals surface area contributed by atoms with Gasteiger partial charge in [-0.25, -0.2) is 19.1 Å². The number of hydrogen-bond acceptors (Lipinski definition) is 17. The van der Waals surface area contributed by atoms with Crippen molar-refractivity contribution in [1.29, 1.82) is 5.26 Å². The standard InChI is InChI=1S/C48H59N4O15P/c1-9-59-44(54)41-42(45(55)60-10-2)66-47(65-41)64-40-39(67-68(62-28-14-26-49)52(30(3)4)31(5)6)37(63-43(40)51-27-25-38(53)50-46(51)56)29-61-48(32-15-12-11-13-16-32,33-17-21-35(57-7)22-18-33)34-19-23-36(58-8)24-20-34/h11-13,15-25,27,30-31,37,39-43,47H,9-10,14,28-29H2,1-8H3,(H,50,53,56)/t37-,39-,40-,41?,42?,43-,47?,68?/m1/s1. The maximum atomic E-state index is 13.7. The molecule has 366 valence electrons. The molecule has 0 aliphatic carbocycles. The van der Waals surface area contributed by atoms with E-state index in [0.717, 1.165) is 16.2 Å². The van der Waals surface area contributed by atoms with Crippen LogP contribution in [0.2, 0.25) is 0 Å². The molecule has 3 heterocycles. The SMILES string of the molecule is CCOC(=O)C1OC(O[C@@H]2[C@H](OP(OCCC#N)N(C(C)C)C(C)C)[C@@H](COC(c3ccccc3)(c3ccc(OC)cc3)c3ccc(OC)cc3)O[C@H]2n2ccc(=O)[nH]c2=O)OC1C(=O)OCC.